The SMILES string of the molecule is CCCNCc1cc(Cl)c(OCCCF)c(OC)c1. The van der Waals surface area contributed by atoms with Gasteiger partial charge in [0, 0.05) is 13.0 Å². The Bertz CT molecular complexity index is 388. The molecule has 0 bridgehead atoms. The molecule has 1 aromatic carbocycles. The van der Waals surface area contributed by atoms with Gasteiger partial charge in [0.25, 0.3) is 0 Å². The molecule has 0 aliphatic heterocycles. The van der Waals surface area contributed by atoms with E-state index in [0.29, 0.717) is 29.5 Å². The lowest BCUT2D eigenvalue weighted by molar-refractivity contribution is 0.274. The second-order valence-electron chi connectivity index (χ2n) is 4.18. The molecule has 1 N–H and O–H groups in total. The Balaban J connectivity index is 2.76. The number of hydrogen-bond donors (Lipinski definition) is 1. The van der Waals surface area contributed by atoms with Crippen LogP contribution in [0.3, 0.4) is 0 Å². The summed E-state index contributed by atoms with van der Waals surface area (Å²) >= 11 is 6.18. The van der Waals surface area contributed by atoms with Crippen LogP contribution in [0.1, 0.15) is 25.3 Å². The highest BCUT2D eigenvalue weighted by atomic mass is 35.5. The van der Waals surface area contributed by atoms with Crippen molar-refractivity contribution in [3.63, 3.8) is 0 Å². The molecule has 108 valence electrons. The summed E-state index contributed by atoms with van der Waals surface area (Å²) in [4.78, 5) is 0. The van der Waals surface area contributed by atoms with E-state index in [1.165, 1.54) is 0 Å². The minimum Gasteiger partial charge on any atom is -0.493 e. The highest BCUT2D eigenvalue weighted by molar-refractivity contribution is 6.32. The summed E-state index contributed by atoms with van der Waals surface area (Å²) in [7, 11) is 1.57. The molecule has 0 aliphatic carbocycles. The lowest BCUT2D eigenvalue weighted by Crippen LogP contribution is -2.14. The molecule has 19 heavy (non-hydrogen) atoms. The highest BCUT2D eigenvalue weighted by Gasteiger charge is 2.11. The van der Waals surface area contributed by atoms with Crippen molar-refractivity contribution < 1.29 is 13.9 Å². The molecule has 1 rings (SSSR count). The first-order chi connectivity index (χ1) is 9.22. The Labute approximate surface area is 119 Å². The first kappa shape index (κ1) is 16.1. The Morgan fingerprint density at radius 2 is 2.16 bits per heavy atom. The zero-order valence-corrected chi connectivity index (χ0v) is 12.2. The monoisotopic (exact) mass is 289 g/mol. The van der Waals surface area contributed by atoms with Gasteiger partial charge in [0.2, 0.25) is 0 Å². The summed E-state index contributed by atoms with van der Waals surface area (Å²) in [6.07, 6.45) is 1.43. The summed E-state index contributed by atoms with van der Waals surface area (Å²) in [6.45, 7) is 3.69. The van der Waals surface area contributed by atoms with Crippen LogP contribution in [0.25, 0.3) is 0 Å². The van der Waals surface area contributed by atoms with Crippen LogP contribution in [-0.4, -0.2) is 26.9 Å². The molecular formula is C14H21ClFNO2. The predicted molar refractivity (Wildman–Crippen MR) is 76.1 cm³/mol. The smallest absolute Gasteiger partial charge is 0.179 e. The van der Waals surface area contributed by atoms with E-state index in [1.807, 2.05) is 12.1 Å². The zero-order chi connectivity index (χ0) is 14.1. The van der Waals surface area contributed by atoms with Gasteiger partial charge in [-0.25, -0.2) is 0 Å². The van der Waals surface area contributed by atoms with Crippen LogP contribution in [0.2, 0.25) is 5.02 Å². The van der Waals surface area contributed by atoms with Gasteiger partial charge in [-0.15, -0.1) is 0 Å². The molecule has 0 aromatic heterocycles. The molecule has 0 atom stereocenters. The van der Waals surface area contributed by atoms with Crippen molar-refractivity contribution >= 4 is 11.6 Å². The maximum absolute atomic E-state index is 12.1. The molecule has 0 saturated heterocycles. The van der Waals surface area contributed by atoms with Crippen molar-refractivity contribution in [2.75, 3.05) is 26.9 Å². The van der Waals surface area contributed by atoms with E-state index < -0.39 is 6.67 Å². The molecule has 0 unspecified atom stereocenters. The molecule has 0 aliphatic rings. The number of methoxy groups -OCH3 is 1. The normalized spacial score (nSPS) is 10.5. The molecule has 5 heteroatoms. The van der Waals surface area contributed by atoms with Crippen molar-refractivity contribution in [2.24, 2.45) is 0 Å². The number of rotatable bonds is 9. The van der Waals surface area contributed by atoms with E-state index in [-0.39, 0.29) is 0 Å². The molecule has 3 nitrogen and oxygen atoms in total. The number of halogens is 2. The minimum atomic E-state index is -0.404. The maximum atomic E-state index is 12.1. The lowest BCUT2D eigenvalue weighted by atomic mass is 10.2. The average molecular weight is 290 g/mol. The molecule has 1 aromatic rings. The summed E-state index contributed by atoms with van der Waals surface area (Å²) in [5.41, 5.74) is 1.04. The number of benzene rings is 1. The van der Waals surface area contributed by atoms with Crippen molar-refractivity contribution in [1.82, 2.24) is 5.32 Å². The van der Waals surface area contributed by atoms with Crippen LogP contribution >= 0.6 is 11.6 Å². The van der Waals surface area contributed by atoms with Gasteiger partial charge >= 0.3 is 0 Å². The molecular weight excluding hydrogens is 269 g/mol. The lowest BCUT2D eigenvalue weighted by Gasteiger charge is -2.14. The van der Waals surface area contributed by atoms with Crippen LogP contribution in [-0.2, 0) is 6.54 Å². The standard InChI is InChI=1S/C14H21ClFNO2/c1-3-6-17-10-11-8-12(15)14(13(9-11)18-2)19-7-4-5-16/h8-9,17H,3-7,10H2,1-2H3. The fourth-order valence-corrected chi connectivity index (χ4v) is 1.94. The van der Waals surface area contributed by atoms with Gasteiger partial charge < -0.3 is 14.8 Å². The van der Waals surface area contributed by atoms with Crippen molar-refractivity contribution in [3.05, 3.63) is 22.7 Å². The van der Waals surface area contributed by atoms with Gasteiger partial charge in [-0.1, -0.05) is 18.5 Å². The van der Waals surface area contributed by atoms with Gasteiger partial charge in [0.1, 0.15) is 0 Å². The fourth-order valence-electron chi connectivity index (χ4n) is 1.65. The van der Waals surface area contributed by atoms with E-state index >= 15 is 0 Å². The third kappa shape index (κ3) is 5.25. The van der Waals surface area contributed by atoms with E-state index in [9.17, 15) is 4.39 Å². The van der Waals surface area contributed by atoms with Crippen LogP contribution in [0.5, 0.6) is 11.5 Å². The Morgan fingerprint density at radius 1 is 1.37 bits per heavy atom. The summed E-state index contributed by atoms with van der Waals surface area (Å²) in [5, 5.41) is 3.79. The number of alkyl halides is 1. The van der Waals surface area contributed by atoms with Gasteiger partial charge in [-0.2, -0.15) is 0 Å². The third-order valence-corrected chi connectivity index (χ3v) is 2.85. The van der Waals surface area contributed by atoms with E-state index in [0.717, 1.165) is 25.1 Å². The van der Waals surface area contributed by atoms with E-state index in [2.05, 4.69) is 12.2 Å². The van der Waals surface area contributed by atoms with Crippen molar-refractivity contribution in [2.45, 2.75) is 26.3 Å². The largest absolute Gasteiger partial charge is 0.493 e. The molecule has 0 amide bonds. The first-order valence-electron chi connectivity index (χ1n) is 6.48. The first-order valence-corrected chi connectivity index (χ1v) is 6.86. The second kappa shape index (κ2) is 8.99. The molecule has 0 saturated carbocycles. The fraction of sp³-hybridized carbons (Fsp3) is 0.571. The molecule has 0 fully saturated rings. The molecule has 0 heterocycles. The van der Waals surface area contributed by atoms with Crippen molar-refractivity contribution in [1.29, 1.82) is 0 Å². The Hall–Kier alpha value is -1.00. The van der Waals surface area contributed by atoms with Crippen LogP contribution in [0, 0.1) is 0 Å². The maximum Gasteiger partial charge on any atom is 0.179 e. The second-order valence-corrected chi connectivity index (χ2v) is 4.58. The van der Waals surface area contributed by atoms with Crippen molar-refractivity contribution in [3.8, 4) is 11.5 Å². The van der Waals surface area contributed by atoms with Gasteiger partial charge in [-0.05, 0) is 30.7 Å². The predicted octanol–water partition coefficient (Wildman–Crippen LogP) is 3.59. The van der Waals surface area contributed by atoms with Crippen LogP contribution in [0.15, 0.2) is 12.1 Å². The Morgan fingerprint density at radius 3 is 2.79 bits per heavy atom. The molecule has 0 radical (unpaired) electrons. The number of hydrogen-bond acceptors (Lipinski definition) is 3. The summed E-state index contributed by atoms with van der Waals surface area (Å²) in [5.74, 6) is 1.07. The van der Waals surface area contributed by atoms with Gasteiger partial charge in [0.05, 0.1) is 25.4 Å². The summed E-state index contributed by atoms with van der Waals surface area (Å²) in [6, 6.07) is 3.73. The van der Waals surface area contributed by atoms with Crippen LogP contribution in [0.4, 0.5) is 4.39 Å². The van der Waals surface area contributed by atoms with E-state index in [1.54, 1.807) is 7.11 Å². The quantitative estimate of drug-likeness (QED) is 0.705. The van der Waals surface area contributed by atoms with Crippen LogP contribution < -0.4 is 14.8 Å². The Kier molecular flexibility index (Phi) is 7.60. The highest BCUT2D eigenvalue weighted by Crippen LogP contribution is 2.36. The summed E-state index contributed by atoms with van der Waals surface area (Å²) < 4.78 is 22.8. The number of ether oxygens (including phenoxy) is 2. The molecule has 0 spiro atoms. The topological polar surface area (TPSA) is 30.5 Å². The van der Waals surface area contributed by atoms with E-state index in [4.69, 9.17) is 21.1 Å². The number of nitrogens with one attached hydrogen (secondary N) is 1. The minimum absolute atomic E-state index is 0.292. The average Bonchev–Trinajstić information content (AvgIpc) is 2.41. The van der Waals surface area contributed by atoms with Gasteiger partial charge in [0.15, 0.2) is 11.5 Å². The third-order valence-electron chi connectivity index (χ3n) is 2.57. The zero-order valence-electron chi connectivity index (χ0n) is 11.5. The van der Waals surface area contributed by atoms with Gasteiger partial charge in [-0.3, -0.25) is 4.39 Å².